The van der Waals surface area contributed by atoms with E-state index in [4.69, 9.17) is 9.47 Å². The molecule has 2 aliphatic rings. The molecule has 0 atom stereocenters. The molecule has 4 aromatic carbocycles. The first kappa shape index (κ1) is 16.9. The van der Waals surface area contributed by atoms with Gasteiger partial charge in [-0.2, -0.15) is 0 Å². The number of rotatable bonds is 0. The Morgan fingerprint density at radius 1 is 0.767 bits per heavy atom. The lowest BCUT2D eigenvalue weighted by molar-refractivity contribution is -0.144. The summed E-state index contributed by atoms with van der Waals surface area (Å²) in [7, 11) is 0. The van der Waals surface area contributed by atoms with E-state index in [2.05, 4.69) is 0 Å². The van der Waals surface area contributed by atoms with Crippen molar-refractivity contribution in [3.05, 3.63) is 83.4 Å². The molecule has 0 aromatic heterocycles. The third-order valence-corrected chi connectivity index (χ3v) is 6.06. The van der Waals surface area contributed by atoms with Crippen LogP contribution in [0.2, 0.25) is 0 Å². The molecule has 0 amide bonds. The first-order valence-electron chi connectivity index (χ1n) is 9.60. The Kier molecular flexibility index (Phi) is 3.12. The van der Waals surface area contributed by atoms with Crippen LogP contribution in [-0.4, -0.2) is 16.2 Å². The molecule has 4 aromatic rings. The average molecular weight is 396 g/mol. The first-order chi connectivity index (χ1) is 14.5. The van der Waals surface area contributed by atoms with Crippen molar-refractivity contribution < 1.29 is 24.5 Å². The van der Waals surface area contributed by atoms with E-state index in [0.717, 1.165) is 10.8 Å². The average Bonchev–Trinajstić information content (AvgIpc) is 3.02. The zero-order valence-corrected chi connectivity index (χ0v) is 16.0. The summed E-state index contributed by atoms with van der Waals surface area (Å²) in [6, 6.07) is 18.0. The molecule has 2 aliphatic heterocycles. The van der Waals surface area contributed by atoms with Crippen LogP contribution in [0, 0.1) is 0 Å². The minimum atomic E-state index is -1.19. The highest BCUT2D eigenvalue weighted by molar-refractivity contribution is 6.01. The molecule has 5 heteroatoms. The smallest absolute Gasteiger partial charge is 0.332 e. The van der Waals surface area contributed by atoms with E-state index in [1.165, 1.54) is 6.08 Å². The summed E-state index contributed by atoms with van der Waals surface area (Å²) in [5, 5.41) is 23.9. The number of phenols is 2. The van der Waals surface area contributed by atoms with Crippen LogP contribution < -0.4 is 4.74 Å². The maximum absolute atomic E-state index is 12.4. The fraction of sp³-hybridized carbons (Fsp3) is 0.0800. The lowest BCUT2D eigenvalue weighted by Gasteiger charge is -2.38. The summed E-state index contributed by atoms with van der Waals surface area (Å²) >= 11 is 0. The molecule has 0 fully saturated rings. The fourth-order valence-electron chi connectivity index (χ4n) is 4.74. The molecule has 2 heterocycles. The molecular formula is C25H16O5. The van der Waals surface area contributed by atoms with Crippen molar-refractivity contribution in [3.8, 4) is 23.0 Å². The number of hydrogen-bond donors (Lipinski definition) is 2. The van der Waals surface area contributed by atoms with E-state index in [0.29, 0.717) is 39.0 Å². The Bertz CT molecular complexity index is 1360. The van der Waals surface area contributed by atoms with Crippen molar-refractivity contribution in [2.24, 2.45) is 0 Å². The van der Waals surface area contributed by atoms with Gasteiger partial charge in [0, 0.05) is 17.2 Å². The van der Waals surface area contributed by atoms with Gasteiger partial charge in [0.15, 0.2) is 5.60 Å². The fourth-order valence-corrected chi connectivity index (χ4v) is 4.74. The molecule has 0 saturated heterocycles. The van der Waals surface area contributed by atoms with Crippen LogP contribution in [0.25, 0.3) is 21.5 Å². The maximum atomic E-state index is 12.4. The summed E-state index contributed by atoms with van der Waals surface area (Å²) in [5.41, 5.74) is 0.798. The Balaban J connectivity index is 1.81. The maximum Gasteiger partial charge on any atom is 0.332 e. The molecule has 146 valence electrons. The molecule has 0 radical (unpaired) electrons. The number of carbonyl (C=O) groups excluding carboxylic acids is 1. The molecule has 6 rings (SSSR count). The van der Waals surface area contributed by atoms with Gasteiger partial charge in [-0.25, -0.2) is 4.79 Å². The van der Waals surface area contributed by atoms with Gasteiger partial charge >= 0.3 is 5.97 Å². The highest BCUT2D eigenvalue weighted by Crippen LogP contribution is 2.59. The minimum absolute atomic E-state index is 0.0679. The summed E-state index contributed by atoms with van der Waals surface area (Å²) in [6.07, 6.45) is 1.48. The molecule has 0 unspecified atom stereocenters. The van der Waals surface area contributed by atoms with Crippen LogP contribution in [0.5, 0.6) is 23.0 Å². The van der Waals surface area contributed by atoms with Gasteiger partial charge in [0.25, 0.3) is 0 Å². The first-order valence-corrected chi connectivity index (χ1v) is 9.60. The molecule has 1 spiro atoms. The molecular weight excluding hydrogens is 380 g/mol. The third kappa shape index (κ3) is 1.94. The Morgan fingerprint density at radius 3 is 1.77 bits per heavy atom. The number of esters is 1. The second-order valence-corrected chi connectivity index (χ2v) is 7.67. The number of carbonyl (C=O) groups is 1. The van der Waals surface area contributed by atoms with E-state index in [1.807, 2.05) is 43.3 Å². The van der Waals surface area contributed by atoms with Crippen molar-refractivity contribution in [2.75, 3.05) is 0 Å². The molecule has 0 aliphatic carbocycles. The predicted octanol–water partition coefficient (Wildman–Crippen LogP) is 5.26. The van der Waals surface area contributed by atoms with Crippen LogP contribution in [-0.2, 0) is 15.1 Å². The SMILES string of the molecule is CC1=CC(=O)OC12c1ccc3cccc(O)c3c1Oc1c2ccc2cccc(O)c12. The minimum Gasteiger partial charge on any atom is -0.507 e. The van der Waals surface area contributed by atoms with Crippen molar-refractivity contribution in [3.63, 3.8) is 0 Å². The monoisotopic (exact) mass is 396 g/mol. The van der Waals surface area contributed by atoms with Gasteiger partial charge in [-0.05, 0) is 47.5 Å². The Hall–Kier alpha value is -3.99. The third-order valence-electron chi connectivity index (χ3n) is 6.06. The standard InChI is InChI=1S/C25H16O5/c1-13-12-20(28)30-25(13)16-10-8-14-4-2-6-18(26)21(14)23(16)29-24-17(25)11-9-15-5-3-7-19(27)22(15)24/h2-12,26-27H,1H3. The summed E-state index contributed by atoms with van der Waals surface area (Å²) < 4.78 is 12.4. The summed E-state index contributed by atoms with van der Waals surface area (Å²) in [6.45, 7) is 1.84. The zero-order valence-electron chi connectivity index (χ0n) is 16.0. The van der Waals surface area contributed by atoms with Gasteiger partial charge in [0.05, 0.1) is 10.8 Å². The highest BCUT2D eigenvalue weighted by atomic mass is 16.6. The van der Waals surface area contributed by atoms with Gasteiger partial charge in [0.1, 0.15) is 23.0 Å². The molecule has 0 saturated carbocycles. The van der Waals surface area contributed by atoms with Gasteiger partial charge in [-0.3, -0.25) is 0 Å². The molecule has 2 N–H and O–H groups in total. The second-order valence-electron chi connectivity index (χ2n) is 7.67. The number of fused-ring (bicyclic) bond motifs is 8. The topological polar surface area (TPSA) is 76.0 Å². The lowest BCUT2D eigenvalue weighted by atomic mass is 9.77. The number of hydrogen-bond acceptors (Lipinski definition) is 5. The van der Waals surface area contributed by atoms with Gasteiger partial charge in [-0.15, -0.1) is 0 Å². The van der Waals surface area contributed by atoms with E-state index < -0.39 is 11.6 Å². The molecule has 5 nitrogen and oxygen atoms in total. The predicted molar refractivity (Wildman–Crippen MR) is 112 cm³/mol. The molecule has 30 heavy (non-hydrogen) atoms. The van der Waals surface area contributed by atoms with Crippen LogP contribution in [0.4, 0.5) is 0 Å². The summed E-state index contributed by atoms with van der Waals surface area (Å²) in [4.78, 5) is 12.4. The van der Waals surface area contributed by atoms with Crippen molar-refractivity contribution >= 4 is 27.5 Å². The van der Waals surface area contributed by atoms with Crippen LogP contribution in [0.15, 0.2) is 72.3 Å². The van der Waals surface area contributed by atoms with E-state index in [-0.39, 0.29) is 11.5 Å². The highest BCUT2D eigenvalue weighted by Gasteiger charge is 2.51. The van der Waals surface area contributed by atoms with E-state index >= 15 is 0 Å². The number of aromatic hydroxyl groups is 2. The number of phenolic OH excluding ortho intramolecular Hbond substituents is 2. The van der Waals surface area contributed by atoms with Crippen LogP contribution >= 0.6 is 0 Å². The number of benzene rings is 4. The summed E-state index contributed by atoms with van der Waals surface area (Å²) in [5.74, 6) is 0.519. The lowest BCUT2D eigenvalue weighted by Crippen LogP contribution is -2.33. The van der Waals surface area contributed by atoms with Crippen LogP contribution in [0.3, 0.4) is 0 Å². The number of ether oxygens (including phenoxy) is 2. The van der Waals surface area contributed by atoms with Crippen molar-refractivity contribution in [1.29, 1.82) is 0 Å². The van der Waals surface area contributed by atoms with Crippen molar-refractivity contribution in [1.82, 2.24) is 0 Å². The largest absolute Gasteiger partial charge is 0.507 e. The van der Waals surface area contributed by atoms with E-state index in [9.17, 15) is 15.0 Å². The van der Waals surface area contributed by atoms with E-state index in [1.54, 1.807) is 24.3 Å². The normalized spacial score (nSPS) is 16.2. The molecule has 0 bridgehead atoms. The van der Waals surface area contributed by atoms with Crippen molar-refractivity contribution in [2.45, 2.75) is 12.5 Å². The van der Waals surface area contributed by atoms with Gasteiger partial charge in [0.2, 0.25) is 0 Å². The second kappa shape index (κ2) is 5.54. The van der Waals surface area contributed by atoms with Gasteiger partial charge in [-0.1, -0.05) is 36.4 Å². The zero-order chi connectivity index (χ0) is 20.6. The quantitative estimate of drug-likeness (QED) is 0.397. The Morgan fingerprint density at radius 2 is 1.30 bits per heavy atom. The van der Waals surface area contributed by atoms with Crippen LogP contribution in [0.1, 0.15) is 18.1 Å². The Labute approximate surface area is 171 Å². The van der Waals surface area contributed by atoms with Gasteiger partial charge < -0.3 is 19.7 Å².